The van der Waals surface area contributed by atoms with Crippen LogP contribution in [0, 0.1) is 0 Å². The summed E-state index contributed by atoms with van der Waals surface area (Å²) in [5.41, 5.74) is 5.07. The van der Waals surface area contributed by atoms with E-state index in [1.807, 2.05) is 0 Å². The van der Waals surface area contributed by atoms with Crippen molar-refractivity contribution in [3.05, 3.63) is 65.7 Å². The molecule has 1 fully saturated rings. The number of benzene rings is 2. The van der Waals surface area contributed by atoms with E-state index in [4.69, 9.17) is 9.72 Å². The molecule has 1 aromatic heterocycles. The Morgan fingerprint density at radius 1 is 0.852 bits per heavy atom. The highest BCUT2D eigenvalue weighted by Gasteiger charge is 2.22. The standard InChI is InChI=1S/C23H25N3O/c1-2-5-18-16(4-1)8-10-22(18)26-23-11-9-19-20(6-3-7-21(19)25-23)24-17-12-14-27-15-13-17/h1-7,9,11,17,22,24H,8,10,12-15H2,(H,25,26)/t22-/m1/s1. The molecule has 2 aliphatic rings. The molecule has 4 heteroatoms. The van der Waals surface area contributed by atoms with Gasteiger partial charge < -0.3 is 15.4 Å². The molecule has 5 rings (SSSR count). The summed E-state index contributed by atoms with van der Waals surface area (Å²) in [6.07, 6.45) is 4.39. The highest BCUT2D eigenvalue weighted by Crippen LogP contribution is 2.34. The van der Waals surface area contributed by atoms with Gasteiger partial charge in [0.25, 0.3) is 0 Å². The number of nitrogens with zero attached hydrogens (tertiary/aromatic N) is 1. The van der Waals surface area contributed by atoms with E-state index in [0.717, 1.165) is 50.2 Å². The zero-order valence-corrected chi connectivity index (χ0v) is 15.4. The van der Waals surface area contributed by atoms with Gasteiger partial charge >= 0.3 is 0 Å². The zero-order chi connectivity index (χ0) is 18.1. The van der Waals surface area contributed by atoms with Gasteiger partial charge in [0, 0.05) is 30.3 Å². The quantitative estimate of drug-likeness (QED) is 0.694. The van der Waals surface area contributed by atoms with Crippen molar-refractivity contribution >= 4 is 22.4 Å². The van der Waals surface area contributed by atoms with Crippen molar-refractivity contribution < 1.29 is 4.74 Å². The van der Waals surface area contributed by atoms with Crippen LogP contribution in [-0.4, -0.2) is 24.2 Å². The van der Waals surface area contributed by atoms with Crippen molar-refractivity contribution in [3.8, 4) is 0 Å². The van der Waals surface area contributed by atoms with E-state index in [9.17, 15) is 0 Å². The fourth-order valence-electron chi connectivity index (χ4n) is 4.31. The number of hydrogen-bond acceptors (Lipinski definition) is 4. The minimum Gasteiger partial charge on any atom is -0.382 e. The molecule has 2 N–H and O–H groups in total. The third kappa shape index (κ3) is 3.37. The van der Waals surface area contributed by atoms with Crippen LogP contribution in [0.1, 0.15) is 36.4 Å². The molecule has 4 nitrogen and oxygen atoms in total. The van der Waals surface area contributed by atoms with E-state index in [0.29, 0.717) is 12.1 Å². The Morgan fingerprint density at radius 2 is 1.74 bits per heavy atom. The van der Waals surface area contributed by atoms with Crippen LogP contribution in [0.3, 0.4) is 0 Å². The molecule has 0 spiro atoms. The highest BCUT2D eigenvalue weighted by molar-refractivity contribution is 5.92. The van der Waals surface area contributed by atoms with Gasteiger partial charge in [-0.3, -0.25) is 0 Å². The summed E-state index contributed by atoms with van der Waals surface area (Å²) < 4.78 is 5.47. The zero-order valence-electron chi connectivity index (χ0n) is 15.4. The van der Waals surface area contributed by atoms with E-state index in [-0.39, 0.29) is 0 Å². The van der Waals surface area contributed by atoms with Gasteiger partial charge in [0.05, 0.1) is 11.6 Å². The van der Waals surface area contributed by atoms with Crippen LogP contribution < -0.4 is 10.6 Å². The van der Waals surface area contributed by atoms with Crippen LogP contribution in [0.2, 0.25) is 0 Å². The van der Waals surface area contributed by atoms with Gasteiger partial charge in [-0.25, -0.2) is 4.98 Å². The second-order valence-corrected chi connectivity index (χ2v) is 7.53. The fourth-order valence-corrected chi connectivity index (χ4v) is 4.31. The molecule has 3 aromatic rings. The van der Waals surface area contributed by atoms with Crippen molar-refractivity contribution in [1.82, 2.24) is 4.98 Å². The highest BCUT2D eigenvalue weighted by atomic mass is 16.5. The monoisotopic (exact) mass is 359 g/mol. The van der Waals surface area contributed by atoms with Crippen LogP contribution in [0.5, 0.6) is 0 Å². The van der Waals surface area contributed by atoms with Gasteiger partial charge in [-0.1, -0.05) is 30.3 Å². The normalized spacial score (nSPS) is 19.8. The number of ether oxygens (including phenoxy) is 1. The number of pyridine rings is 1. The van der Waals surface area contributed by atoms with E-state index < -0.39 is 0 Å². The van der Waals surface area contributed by atoms with E-state index in [1.165, 1.54) is 22.2 Å². The molecule has 0 saturated carbocycles. The Balaban J connectivity index is 1.38. The SMILES string of the molecule is c1ccc2c(c1)CC[C@H]2Nc1ccc2c(NC3CCOCC3)cccc2n1. The molecular formula is C23H25N3O. The van der Waals surface area contributed by atoms with Crippen LogP contribution in [-0.2, 0) is 11.2 Å². The maximum absolute atomic E-state index is 5.47. The first kappa shape index (κ1) is 16.6. The van der Waals surface area contributed by atoms with Gasteiger partial charge in [-0.15, -0.1) is 0 Å². The van der Waals surface area contributed by atoms with Crippen molar-refractivity contribution in [3.63, 3.8) is 0 Å². The maximum Gasteiger partial charge on any atom is 0.127 e. The average Bonchev–Trinajstić information content (AvgIpc) is 3.12. The van der Waals surface area contributed by atoms with E-state index in [2.05, 4.69) is 65.2 Å². The number of anilines is 2. The van der Waals surface area contributed by atoms with Crippen molar-refractivity contribution in [2.45, 2.75) is 37.8 Å². The number of fused-ring (bicyclic) bond motifs is 2. The predicted octanol–water partition coefficient (Wildman–Crippen LogP) is 4.93. The first-order valence-electron chi connectivity index (χ1n) is 9.95. The topological polar surface area (TPSA) is 46.2 Å². The van der Waals surface area contributed by atoms with Gasteiger partial charge in [0.15, 0.2) is 0 Å². The third-order valence-electron chi connectivity index (χ3n) is 5.77. The fraction of sp³-hybridized carbons (Fsp3) is 0.348. The first-order valence-corrected chi connectivity index (χ1v) is 9.95. The Kier molecular flexibility index (Phi) is 4.42. The van der Waals surface area contributed by atoms with Crippen LogP contribution in [0.25, 0.3) is 10.9 Å². The summed E-state index contributed by atoms with van der Waals surface area (Å²) in [7, 11) is 0. The molecule has 1 saturated heterocycles. The van der Waals surface area contributed by atoms with Gasteiger partial charge in [0.1, 0.15) is 5.82 Å². The maximum atomic E-state index is 5.47. The molecule has 0 bridgehead atoms. The molecule has 2 aromatic carbocycles. The average molecular weight is 359 g/mol. The van der Waals surface area contributed by atoms with Crippen molar-refractivity contribution in [2.24, 2.45) is 0 Å². The van der Waals surface area contributed by atoms with E-state index >= 15 is 0 Å². The lowest BCUT2D eigenvalue weighted by molar-refractivity contribution is 0.0905. The van der Waals surface area contributed by atoms with Gasteiger partial charge in [-0.2, -0.15) is 0 Å². The lowest BCUT2D eigenvalue weighted by Gasteiger charge is -2.25. The lowest BCUT2D eigenvalue weighted by atomic mass is 10.1. The molecule has 0 amide bonds. The largest absolute Gasteiger partial charge is 0.382 e. The number of hydrogen-bond donors (Lipinski definition) is 2. The second kappa shape index (κ2) is 7.20. The molecule has 1 aliphatic carbocycles. The minimum absolute atomic E-state index is 0.356. The Bertz CT molecular complexity index is 949. The molecule has 2 heterocycles. The number of aryl methyl sites for hydroxylation is 1. The Labute approximate surface area is 160 Å². The summed E-state index contributed by atoms with van der Waals surface area (Å²) in [4.78, 5) is 4.89. The number of nitrogens with one attached hydrogen (secondary N) is 2. The van der Waals surface area contributed by atoms with Gasteiger partial charge in [0.2, 0.25) is 0 Å². The van der Waals surface area contributed by atoms with Crippen molar-refractivity contribution in [2.75, 3.05) is 23.8 Å². The van der Waals surface area contributed by atoms with Crippen molar-refractivity contribution in [1.29, 1.82) is 0 Å². The summed E-state index contributed by atoms with van der Waals surface area (Å²) in [6.45, 7) is 1.69. The Morgan fingerprint density at radius 3 is 2.67 bits per heavy atom. The molecule has 27 heavy (non-hydrogen) atoms. The number of aromatic nitrogens is 1. The summed E-state index contributed by atoms with van der Waals surface area (Å²) >= 11 is 0. The second-order valence-electron chi connectivity index (χ2n) is 7.53. The first-order chi connectivity index (χ1) is 13.4. The molecule has 1 aliphatic heterocycles. The lowest BCUT2D eigenvalue weighted by Crippen LogP contribution is -2.27. The minimum atomic E-state index is 0.356. The summed E-state index contributed by atoms with van der Waals surface area (Å²) in [5, 5.41) is 8.51. The summed E-state index contributed by atoms with van der Waals surface area (Å²) in [5.74, 6) is 0.951. The molecule has 0 radical (unpaired) electrons. The molecule has 138 valence electrons. The molecular weight excluding hydrogens is 334 g/mol. The van der Waals surface area contributed by atoms with Gasteiger partial charge in [-0.05, 0) is 61.1 Å². The van der Waals surface area contributed by atoms with Crippen LogP contribution in [0.4, 0.5) is 11.5 Å². The van der Waals surface area contributed by atoms with E-state index in [1.54, 1.807) is 0 Å². The number of rotatable bonds is 4. The summed E-state index contributed by atoms with van der Waals surface area (Å²) in [6, 6.07) is 20.2. The van der Waals surface area contributed by atoms with Crippen LogP contribution >= 0.6 is 0 Å². The predicted molar refractivity (Wildman–Crippen MR) is 110 cm³/mol. The third-order valence-corrected chi connectivity index (χ3v) is 5.77. The Hall–Kier alpha value is -2.59. The smallest absolute Gasteiger partial charge is 0.127 e. The van der Waals surface area contributed by atoms with Crippen LogP contribution in [0.15, 0.2) is 54.6 Å². The molecule has 1 atom stereocenters. The molecule has 0 unspecified atom stereocenters.